The Morgan fingerprint density at radius 1 is 1.46 bits per heavy atom. The maximum atomic E-state index is 12.2. The van der Waals surface area contributed by atoms with Gasteiger partial charge < -0.3 is 0 Å². The molecule has 0 saturated heterocycles. The molecule has 1 nitrogen and oxygen atoms in total. The third kappa shape index (κ3) is 5.90. The van der Waals surface area contributed by atoms with Crippen molar-refractivity contribution in [1.82, 2.24) is 0 Å². The number of rotatable bonds is 4. The van der Waals surface area contributed by atoms with Crippen LogP contribution in [0.4, 0.5) is 17.6 Å². The van der Waals surface area contributed by atoms with Crippen molar-refractivity contribution in [2.24, 2.45) is 0 Å². The molecule has 0 aromatic heterocycles. The summed E-state index contributed by atoms with van der Waals surface area (Å²) in [5.41, 5.74) is 0. The first-order chi connectivity index (χ1) is 5.88. The molecule has 0 fully saturated rings. The van der Waals surface area contributed by atoms with Crippen LogP contribution in [0.3, 0.4) is 0 Å². The lowest BCUT2D eigenvalue weighted by Gasteiger charge is -2.10. The summed E-state index contributed by atoms with van der Waals surface area (Å²) in [6, 6.07) is 0. The first kappa shape index (κ1) is 12.7. The van der Waals surface area contributed by atoms with Gasteiger partial charge in [-0.25, -0.2) is 4.39 Å². The molecule has 0 heterocycles. The molecule has 13 heavy (non-hydrogen) atoms. The number of carbonyl (C=O) groups excluding carboxylic acids is 1. The van der Waals surface area contributed by atoms with Crippen molar-refractivity contribution in [1.29, 1.82) is 0 Å². The Kier molecular flexibility index (Phi) is 5.36. The third-order valence-electron chi connectivity index (χ3n) is 1.28. The van der Waals surface area contributed by atoms with Crippen LogP contribution in [0.25, 0.3) is 0 Å². The highest BCUT2D eigenvalue weighted by Crippen LogP contribution is 2.26. The first-order valence-corrected chi connectivity index (χ1v) is 4.73. The minimum Gasteiger partial charge on any atom is -0.287 e. The van der Waals surface area contributed by atoms with Crippen molar-refractivity contribution < 1.29 is 22.4 Å². The molecule has 1 unspecified atom stereocenters. The summed E-state index contributed by atoms with van der Waals surface area (Å²) in [5, 5.41) is -0.214. The molecule has 0 aromatic carbocycles. The highest BCUT2D eigenvalue weighted by molar-refractivity contribution is 8.13. The van der Waals surface area contributed by atoms with Crippen LogP contribution in [0.15, 0.2) is 0 Å². The van der Waals surface area contributed by atoms with E-state index in [9.17, 15) is 22.4 Å². The normalized spacial score (nSPS) is 14.2. The van der Waals surface area contributed by atoms with E-state index in [2.05, 4.69) is 0 Å². The minimum atomic E-state index is -4.80. The van der Waals surface area contributed by atoms with Crippen molar-refractivity contribution in [3.63, 3.8) is 0 Å². The molecule has 0 bridgehead atoms. The van der Waals surface area contributed by atoms with Gasteiger partial charge in [0.05, 0.1) is 0 Å². The molecule has 0 amide bonds. The monoisotopic (exact) mass is 218 g/mol. The molecular weight excluding hydrogens is 208 g/mol. The zero-order valence-corrected chi connectivity index (χ0v) is 7.84. The molecule has 0 aliphatic rings. The fourth-order valence-corrected chi connectivity index (χ4v) is 1.30. The highest BCUT2D eigenvalue weighted by Gasteiger charge is 2.39. The Balaban J connectivity index is 3.60. The number of alkyl halides is 4. The number of thioether (sulfide) groups is 1. The predicted molar refractivity (Wildman–Crippen MR) is 43.3 cm³/mol. The van der Waals surface area contributed by atoms with Gasteiger partial charge in [-0.1, -0.05) is 18.7 Å². The molecular formula is C7H10F4OS. The summed E-state index contributed by atoms with van der Waals surface area (Å²) in [6.07, 6.45) is -8.01. The Morgan fingerprint density at radius 3 is 2.38 bits per heavy atom. The Hall–Kier alpha value is -0.260. The summed E-state index contributed by atoms with van der Waals surface area (Å²) in [6.45, 7) is 1.60. The molecule has 0 N–H and O–H groups in total. The molecule has 0 aliphatic heterocycles. The maximum Gasteiger partial charge on any atom is 0.419 e. The van der Waals surface area contributed by atoms with Gasteiger partial charge in [0.1, 0.15) is 0 Å². The molecule has 78 valence electrons. The van der Waals surface area contributed by atoms with Crippen LogP contribution in [0, 0.1) is 0 Å². The Morgan fingerprint density at radius 2 is 2.00 bits per heavy atom. The maximum absolute atomic E-state index is 12.2. The van der Waals surface area contributed by atoms with E-state index in [1.165, 1.54) is 0 Å². The van der Waals surface area contributed by atoms with E-state index in [0.29, 0.717) is 0 Å². The second-order valence-corrected chi connectivity index (χ2v) is 3.52. The molecule has 0 saturated carbocycles. The Labute approximate surface area is 77.9 Å². The summed E-state index contributed by atoms with van der Waals surface area (Å²) in [4.78, 5) is 10.6. The second-order valence-electron chi connectivity index (χ2n) is 2.37. The molecule has 0 radical (unpaired) electrons. The van der Waals surface area contributed by atoms with E-state index in [1.54, 1.807) is 6.92 Å². The van der Waals surface area contributed by atoms with Crippen LogP contribution in [-0.4, -0.2) is 23.2 Å². The van der Waals surface area contributed by atoms with E-state index < -0.39 is 18.8 Å². The largest absolute Gasteiger partial charge is 0.419 e. The van der Waals surface area contributed by atoms with Crippen LogP contribution in [0.2, 0.25) is 0 Å². The number of hydrogen-bond donors (Lipinski definition) is 0. The van der Waals surface area contributed by atoms with Gasteiger partial charge in [0, 0.05) is 12.2 Å². The van der Waals surface area contributed by atoms with Gasteiger partial charge in [0.25, 0.3) is 0 Å². The highest BCUT2D eigenvalue weighted by atomic mass is 32.2. The van der Waals surface area contributed by atoms with Crippen LogP contribution in [-0.2, 0) is 4.79 Å². The van der Waals surface area contributed by atoms with Gasteiger partial charge in [0.15, 0.2) is 11.3 Å². The molecule has 0 aromatic rings. The van der Waals surface area contributed by atoms with Gasteiger partial charge in [-0.2, -0.15) is 13.2 Å². The third-order valence-corrected chi connectivity index (χ3v) is 2.33. The SMILES string of the molecule is CCC(=O)SCCC(F)C(F)(F)F. The van der Waals surface area contributed by atoms with Crippen LogP contribution >= 0.6 is 11.8 Å². The average Bonchev–Trinajstić information content (AvgIpc) is 2.02. The van der Waals surface area contributed by atoms with E-state index >= 15 is 0 Å². The van der Waals surface area contributed by atoms with Crippen LogP contribution in [0.1, 0.15) is 19.8 Å². The zero-order valence-electron chi connectivity index (χ0n) is 7.03. The van der Waals surface area contributed by atoms with Crippen LogP contribution < -0.4 is 0 Å². The molecule has 0 rings (SSSR count). The van der Waals surface area contributed by atoms with Crippen molar-refractivity contribution in [3.05, 3.63) is 0 Å². The lowest BCUT2D eigenvalue weighted by Crippen LogP contribution is -2.24. The summed E-state index contributed by atoms with van der Waals surface area (Å²) >= 11 is 0.742. The smallest absolute Gasteiger partial charge is 0.287 e. The molecule has 0 aliphatic carbocycles. The van der Waals surface area contributed by atoms with Gasteiger partial charge >= 0.3 is 6.18 Å². The van der Waals surface area contributed by atoms with E-state index in [1.807, 2.05) is 0 Å². The lowest BCUT2D eigenvalue weighted by molar-refractivity contribution is -0.180. The van der Waals surface area contributed by atoms with Crippen molar-refractivity contribution >= 4 is 16.9 Å². The standard InChI is InChI=1S/C7H10F4OS/c1-2-6(12)13-4-3-5(8)7(9,10)11/h5H,2-4H2,1H3. The average molecular weight is 218 g/mol. The van der Waals surface area contributed by atoms with Crippen molar-refractivity contribution in [2.45, 2.75) is 32.1 Å². The summed E-state index contributed by atoms with van der Waals surface area (Å²) in [7, 11) is 0. The fraction of sp³-hybridized carbons (Fsp3) is 0.857. The minimum absolute atomic E-state index is 0.118. The van der Waals surface area contributed by atoms with Gasteiger partial charge in [-0.3, -0.25) is 4.79 Å². The van der Waals surface area contributed by atoms with Gasteiger partial charge in [-0.15, -0.1) is 0 Å². The lowest BCUT2D eigenvalue weighted by atomic mass is 10.3. The Bertz CT molecular complexity index is 168. The number of halogens is 4. The van der Waals surface area contributed by atoms with E-state index in [0.717, 1.165) is 11.8 Å². The van der Waals surface area contributed by atoms with E-state index in [4.69, 9.17) is 0 Å². The molecule has 0 spiro atoms. The predicted octanol–water partition coefficient (Wildman–Crippen LogP) is 2.95. The van der Waals surface area contributed by atoms with E-state index in [-0.39, 0.29) is 17.3 Å². The topological polar surface area (TPSA) is 17.1 Å². The van der Waals surface area contributed by atoms with Crippen LogP contribution in [0.5, 0.6) is 0 Å². The van der Waals surface area contributed by atoms with Gasteiger partial charge in [-0.05, 0) is 6.42 Å². The fourth-order valence-electron chi connectivity index (χ4n) is 0.542. The number of hydrogen-bond acceptors (Lipinski definition) is 2. The number of carbonyl (C=O) groups is 1. The summed E-state index contributed by atoms with van der Waals surface area (Å²) in [5.74, 6) is -0.118. The first-order valence-electron chi connectivity index (χ1n) is 3.74. The molecule has 6 heteroatoms. The second kappa shape index (κ2) is 5.47. The quantitative estimate of drug-likeness (QED) is 0.675. The van der Waals surface area contributed by atoms with Crippen molar-refractivity contribution in [2.75, 3.05) is 5.75 Å². The zero-order chi connectivity index (χ0) is 10.5. The van der Waals surface area contributed by atoms with Crippen molar-refractivity contribution in [3.8, 4) is 0 Å². The summed E-state index contributed by atoms with van der Waals surface area (Å²) < 4.78 is 47.0. The molecule has 1 atom stereocenters. The van der Waals surface area contributed by atoms with Gasteiger partial charge in [0.2, 0.25) is 0 Å².